The number of benzene rings is 2. The van der Waals surface area contributed by atoms with Gasteiger partial charge in [0, 0.05) is 19.8 Å². The predicted molar refractivity (Wildman–Crippen MR) is 105 cm³/mol. The maximum atomic E-state index is 12.1. The van der Waals surface area contributed by atoms with E-state index in [4.69, 9.17) is 15.2 Å². The van der Waals surface area contributed by atoms with Gasteiger partial charge in [-0.05, 0) is 42.9 Å². The Morgan fingerprint density at radius 2 is 1.69 bits per heavy atom. The molecule has 0 aromatic heterocycles. The summed E-state index contributed by atoms with van der Waals surface area (Å²) >= 11 is 0. The van der Waals surface area contributed by atoms with Gasteiger partial charge in [0.2, 0.25) is 0 Å². The Morgan fingerprint density at radius 3 is 2.31 bits per heavy atom. The zero-order valence-corrected chi connectivity index (χ0v) is 15.7. The van der Waals surface area contributed by atoms with Crippen LogP contribution in [0.5, 0.6) is 0 Å². The second kappa shape index (κ2) is 10.7. The van der Waals surface area contributed by atoms with E-state index in [1.54, 1.807) is 7.11 Å². The SMILES string of the molecule is CCOC(=O)[C@H](CCOC)C[C@H](N)Cc1ccc(-c2ccccc2)cc1. The van der Waals surface area contributed by atoms with Gasteiger partial charge < -0.3 is 15.2 Å². The van der Waals surface area contributed by atoms with Crippen molar-refractivity contribution in [3.63, 3.8) is 0 Å². The minimum absolute atomic E-state index is 0.0937. The number of hydrogen-bond acceptors (Lipinski definition) is 4. The van der Waals surface area contributed by atoms with Gasteiger partial charge in [0.1, 0.15) is 0 Å². The smallest absolute Gasteiger partial charge is 0.309 e. The van der Waals surface area contributed by atoms with Gasteiger partial charge in [0.15, 0.2) is 0 Å². The molecule has 26 heavy (non-hydrogen) atoms. The van der Waals surface area contributed by atoms with Gasteiger partial charge in [-0.1, -0.05) is 54.6 Å². The summed E-state index contributed by atoms with van der Waals surface area (Å²) in [6.07, 6.45) is 1.97. The van der Waals surface area contributed by atoms with Crippen LogP contribution >= 0.6 is 0 Å². The van der Waals surface area contributed by atoms with Crippen LogP contribution < -0.4 is 5.73 Å². The van der Waals surface area contributed by atoms with E-state index in [1.807, 2.05) is 25.1 Å². The molecule has 2 aromatic carbocycles. The number of hydrogen-bond donors (Lipinski definition) is 1. The van der Waals surface area contributed by atoms with E-state index < -0.39 is 0 Å². The lowest BCUT2D eigenvalue weighted by atomic mass is 9.93. The van der Waals surface area contributed by atoms with E-state index in [9.17, 15) is 4.79 Å². The Labute approximate surface area is 156 Å². The standard InChI is InChI=1S/C22H29NO3/c1-3-26-22(24)20(13-14-25-2)16-21(23)15-17-9-11-19(12-10-17)18-7-5-4-6-8-18/h4-12,20-21H,3,13-16,23H2,1-2H3/t20-,21-/m1/s1. The van der Waals surface area contributed by atoms with Crippen molar-refractivity contribution in [1.82, 2.24) is 0 Å². The lowest BCUT2D eigenvalue weighted by Crippen LogP contribution is -2.31. The van der Waals surface area contributed by atoms with Gasteiger partial charge in [-0.2, -0.15) is 0 Å². The monoisotopic (exact) mass is 355 g/mol. The number of methoxy groups -OCH3 is 1. The number of nitrogens with two attached hydrogens (primary N) is 1. The fraction of sp³-hybridized carbons (Fsp3) is 0.409. The van der Waals surface area contributed by atoms with Gasteiger partial charge >= 0.3 is 5.97 Å². The zero-order chi connectivity index (χ0) is 18.8. The highest BCUT2D eigenvalue weighted by Gasteiger charge is 2.22. The molecule has 4 nitrogen and oxygen atoms in total. The summed E-state index contributed by atoms with van der Waals surface area (Å²) in [5, 5.41) is 0. The minimum Gasteiger partial charge on any atom is -0.466 e. The summed E-state index contributed by atoms with van der Waals surface area (Å²) in [5.41, 5.74) is 9.87. The number of esters is 1. The number of ether oxygens (including phenoxy) is 2. The first-order chi connectivity index (χ1) is 12.6. The highest BCUT2D eigenvalue weighted by molar-refractivity contribution is 5.72. The van der Waals surface area contributed by atoms with E-state index in [0.717, 1.165) is 6.42 Å². The maximum Gasteiger partial charge on any atom is 0.309 e. The highest BCUT2D eigenvalue weighted by Crippen LogP contribution is 2.21. The maximum absolute atomic E-state index is 12.1. The van der Waals surface area contributed by atoms with Gasteiger partial charge in [-0.15, -0.1) is 0 Å². The molecule has 0 saturated heterocycles. The molecule has 2 N–H and O–H groups in total. The van der Waals surface area contributed by atoms with Crippen molar-refractivity contribution in [3.8, 4) is 11.1 Å². The first-order valence-corrected chi connectivity index (χ1v) is 9.19. The van der Waals surface area contributed by atoms with Crippen molar-refractivity contribution in [1.29, 1.82) is 0 Å². The highest BCUT2D eigenvalue weighted by atomic mass is 16.5. The molecule has 0 aliphatic carbocycles. The largest absolute Gasteiger partial charge is 0.466 e. The molecule has 0 unspecified atom stereocenters. The molecule has 0 saturated carbocycles. The van der Waals surface area contributed by atoms with Crippen LogP contribution in [0.3, 0.4) is 0 Å². The Balaban J connectivity index is 1.94. The molecule has 2 aromatic rings. The summed E-state index contributed by atoms with van der Waals surface area (Å²) in [4.78, 5) is 12.1. The van der Waals surface area contributed by atoms with E-state index in [1.165, 1.54) is 16.7 Å². The van der Waals surface area contributed by atoms with Crippen LogP contribution in [-0.2, 0) is 20.7 Å². The third-order valence-electron chi connectivity index (χ3n) is 4.44. The molecule has 0 aliphatic heterocycles. The van der Waals surface area contributed by atoms with E-state index in [0.29, 0.717) is 26.1 Å². The number of carbonyl (C=O) groups is 1. The summed E-state index contributed by atoms with van der Waals surface area (Å²) in [7, 11) is 1.64. The van der Waals surface area contributed by atoms with Crippen molar-refractivity contribution in [2.45, 2.75) is 32.2 Å². The zero-order valence-electron chi connectivity index (χ0n) is 15.7. The first kappa shape index (κ1) is 20.1. The quantitative estimate of drug-likeness (QED) is 0.658. The molecule has 0 heterocycles. The van der Waals surface area contributed by atoms with Crippen molar-refractivity contribution in [3.05, 3.63) is 60.2 Å². The van der Waals surface area contributed by atoms with E-state index in [2.05, 4.69) is 36.4 Å². The van der Waals surface area contributed by atoms with Crippen molar-refractivity contribution in [2.24, 2.45) is 11.7 Å². The van der Waals surface area contributed by atoms with E-state index >= 15 is 0 Å². The Morgan fingerprint density at radius 1 is 1.04 bits per heavy atom. The molecule has 0 amide bonds. The molecule has 0 spiro atoms. The van der Waals surface area contributed by atoms with Crippen molar-refractivity contribution >= 4 is 5.97 Å². The second-order valence-corrected chi connectivity index (χ2v) is 6.49. The Hall–Kier alpha value is -2.17. The van der Waals surface area contributed by atoms with Gasteiger partial charge in [0.25, 0.3) is 0 Å². The van der Waals surface area contributed by atoms with Crippen LogP contribution in [0.25, 0.3) is 11.1 Å². The average molecular weight is 355 g/mol. The van der Waals surface area contributed by atoms with Crippen molar-refractivity contribution < 1.29 is 14.3 Å². The van der Waals surface area contributed by atoms with Crippen LogP contribution in [0.1, 0.15) is 25.3 Å². The molecular weight excluding hydrogens is 326 g/mol. The summed E-state index contributed by atoms with van der Waals surface area (Å²) < 4.78 is 10.3. The molecule has 140 valence electrons. The summed E-state index contributed by atoms with van der Waals surface area (Å²) in [5.74, 6) is -0.395. The lowest BCUT2D eigenvalue weighted by Gasteiger charge is -2.19. The molecule has 2 rings (SSSR count). The molecule has 0 bridgehead atoms. The molecule has 0 aliphatic rings. The van der Waals surface area contributed by atoms with Gasteiger partial charge in [-0.3, -0.25) is 4.79 Å². The normalized spacial score (nSPS) is 13.2. The molecule has 2 atom stereocenters. The fourth-order valence-electron chi connectivity index (χ4n) is 3.07. The van der Waals surface area contributed by atoms with E-state index in [-0.39, 0.29) is 17.9 Å². The first-order valence-electron chi connectivity index (χ1n) is 9.19. The van der Waals surface area contributed by atoms with Crippen LogP contribution in [0.4, 0.5) is 0 Å². The summed E-state index contributed by atoms with van der Waals surface area (Å²) in [6.45, 7) is 2.74. The Bertz CT molecular complexity index is 655. The summed E-state index contributed by atoms with van der Waals surface area (Å²) in [6, 6.07) is 18.6. The van der Waals surface area contributed by atoms with Crippen LogP contribution in [0.15, 0.2) is 54.6 Å². The van der Waals surface area contributed by atoms with Crippen LogP contribution in [0, 0.1) is 5.92 Å². The van der Waals surface area contributed by atoms with Crippen molar-refractivity contribution in [2.75, 3.05) is 20.3 Å². The van der Waals surface area contributed by atoms with Gasteiger partial charge in [-0.25, -0.2) is 0 Å². The molecule has 0 radical (unpaired) electrons. The second-order valence-electron chi connectivity index (χ2n) is 6.49. The molecular formula is C22H29NO3. The fourth-order valence-corrected chi connectivity index (χ4v) is 3.07. The Kier molecular flexibility index (Phi) is 8.32. The molecule has 0 fully saturated rings. The average Bonchev–Trinajstić information content (AvgIpc) is 2.66. The number of carbonyl (C=O) groups excluding carboxylic acids is 1. The minimum atomic E-state index is -0.214. The van der Waals surface area contributed by atoms with Gasteiger partial charge in [0.05, 0.1) is 12.5 Å². The topological polar surface area (TPSA) is 61.5 Å². The van der Waals surface area contributed by atoms with Crippen LogP contribution in [-0.4, -0.2) is 32.3 Å². The molecule has 4 heteroatoms. The third kappa shape index (κ3) is 6.28. The third-order valence-corrected chi connectivity index (χ3v) is 4.44. The lowest BCUT2D eigenvalue weighted by molar-refractivity contribution is -0.149. The van der Waals surface area contributed by atoms with Crippen LogP contribution in [0.2, 0.25) is 0 Å². The predicted octanol–water partition coefficient (Wildman–Crippen LogP) is 3.83. The number of rotatable bonds is 10.